The van der Waals surface area contributed by atoms with Gasteiger partial charge in [0.05, 0.1) is 24.8 Å². The van der Waals surface area contributed by atoms with Crippen LogP contribution in [0.25, 0.3) is 11.2 Å². The molecule has 18 heavy (non-hydrogen) atoms. The number of rotatable bonds is 3. The Kier molecular flexibility index (Phi) is 2.24. The maximum atomic E-state index is 13.3. The quantitative estimate of drug-likeness (QED) is 0.822. The van der Waals surface area contributed by atoms with Crippen LogP contribution in [0.3, 0.4) is 0 Å². The van der Waals surface area contributed by atoms with E-state index in [9.17, 15) is 8.78 Å². The number of aliphatic hydroxyl groups is 1. The number of alkyl halides is 2. The normalized spacial score (nSPS) is 25.5. The summed E-state index contributed by atoms with van der Waals surface area (Å²) >= 11 is 0. The van der Waals surface area contributed by atoms with Gasteiger partial charge in [-0.3, -0.25) is 0 Å². The number of anilines is 1. The highest BCUT2D eigenvalue weighted by Gasteiger charge is 2.67. The number of aromatic nitrogens is 4. The van der Waals surface area contributed by atoms with Gasteiger partial charge in [-0.25, -0.2) is 23.7 Å². The van der Waals surface area contributed by atoms with Crippen LogP contribution < -0.4 is 5.73 Å². The molecule has 0 aliphatic heterocycles. The molecule has 3 N–H and O–H groups in total. The zero-order valence-corrected chi connectivity index (χ0v) is 9.29. The molecule has 2 aromatic rings. The molecule has 1 fully saturated rings. The van der Waals surface area contributed by atoms with E-state index in [0.29, 0.717) is 11.2 Å². The van der Waals surface area contributed by atoms with Crippen molar-refractivity contribution in [3.63, 3.8) is 0 Å². The molecular weight excluding hydrogens is 244 g/mol. The predicted octanol–water partition coefficient (Wildman–Crippen LogP) is 0.282. The molecule has 0 aromatic carbocycles. The van der Waals surface area contributed by atoms with Gasteiger partial charge < -0.3 is 15.4 Å². The van der Waals surface area contributed by atoms with E-state index >= 15 is 0 Å². The molecule has 3 rings (SSSR count). The van der Waals surface area contributed by atoms with Crippen molar-refractivity contribution in [1.29, 1.82) is 0 Å². The molecule has 0 unspecified atom stereocenters. The highest BCUT2D eigenvalue weighted by molar-refractivity contribution is 5.81. The van der Waals surface area contributed by atoms with Crippen molar-refractivity contribution >= 4 is 17.0 Å². The summed E-state index contributed by atoms with van der Waals surface area (Å²) in [5, 5.41) is 8.85. The topological polar surface area (TPSA) is 89.9 Å². The number of fused-ring (bicyclic) bond motifs is 1. The predicted molar refractivity (Wildman–Crippen MR) is 58.7 cm³/mol. The van der Waals surface area contributed by atoms with Gasteiger partial charge in [0.1, 0.15) is 11.8 Å². The molecule has 8 heteroatoms. The van der Waals surface area contributed by atoms with Gasteiger partial charge in [0.25, 0.3) is 5.92 Å². The van der Waals surface area contributed by atoms with Crippen molar-refractivity contribution in [2.45, 2.75) is 12.5 Å². The standard InChI is InChI=1S/C10H11F2N5O/c11-10(12)5(6(10)2-18)1-17-4-16-7-8(13)14-3-15-9(7)17/h3-6,18H,1-2H2,(H2,13,14,15)/t5-,6+/m0/s1. The summed E-state index contributed by atoms with van der Waals surface area (Å²) in [6.07, 6.45) is 2.68. The Morgan fingerprint density at radius 1 is 1.33 bits per heavy atom. The van der Waals surface area contributed by atoms with Gasteiger partial charge in [-0.05, 0) is 0 Å². The number of nitrogens with zero attached hydrogens (tertiary/aromatic N) is 4. The Morgan fingerprint density at radius 2 is 2.11 bits per heavy atom. The van der Waals surface area contributed by atoms with Gasteiger partial charge in [0.15, 0.2) is 11.5 Å². The second-order valence-electron chi connectivity index (χ2n) is 4.40. The monoisotopic (exact) mass is 255 g/mol. The maximum Gasteiger partial charge on any atom is 0.258 e. The van der Waals surface area contributed by atoms with E-state index in [1.807, 2.05) is 0 Å². The molecule has 2 heterocycles. The van der Waals surface area contributed by atoms with Gasteiger partial charge in [-0.15, -0.1) is 0 Å². The van der Waals surface area contributed by atoms with E-state index in [4.69, 9.17) is 10.8 Å². The van der Waals surface area contributed by atoms with Crippen molar-refractivity contribution < 1.29 is 13.9 Å². The fourth-order valence-corrected chi connectivity index (χ4v) is 2.20. The lowest BCUT2D eigenvalue weighted by Gasteiger charge is -2.02. The Labute approximate surface area is 100 Å². The summed E-state index contributed by atoms with van der Waals surface area (Å²) in [5.41, 5.74) is 6.44. The molecule has 1 aliphatic carbocycles. The van der Waals surface area contributed by atoms with Crippen molar-refractivity contribution in [2.24, 2.45) is 11.8 Å². The van der Waals surface area contributed by atoms with Crippen LogP contribution in [0.2, 0.25) is 0 Å². The Hall–Kier alpha value is -1.83. The fraction of sp³-hybridized carbons (Fsp3) is 0.500. The third kappa shape index (κ3) is 1.45. The number of imidazole rings is 1. The lowest BCUT2D eigenvalue weighted by molar-refractivity contribution is 0.0704. The van der Waals surface area contributed by atoms with Gasteiger partial charge in [0, 0.05) is 6.54 Å². The van der Waals surface area contributed by atoms with E-state index in [1.54, 1.807) is 0 Å². The summed E-state index contributed by atoms with van der Waals surface area (Å²) in [4.78, 5) is 11.8. The Bertz CT molecular complexity index is 599. The summed E-state index contributed by atoms with van der Waals surface area (Å²) in [6, 6.07) is 0. The second kappa shape index (κ2) is 3.58. The van der Waals surface area contributed by atoms with Gasteiger partial charge in [0.2, 0.25) is 0 Å². The molecule has 0 amide bonds. The fourth-order valence-electron chi connectivity index (χ4n) is 2.20. The van der Waals surface area contributed by atoms with Crippen molar-refractivity contribution in [3.8, 4) is 0 Å². The highest BCUT2D eigenvalue weighted by atomic mass is 19.3. The average Bonchev–Trinajstić information content (AvgIpc) is 2.69. The minimum Gasteiger partial charge on any atom is -0.396 e. The number of nitrogens with two attached hydrogens (primary N) is 1. The van der Waals surface area contributed by atoms with Crippen LogP contribution in [0.4, 0.5) is 14.6 Å². The smallest absolute Gasteiger partial charge is 0.258 e. The Balaban J connectivity index is 1.91. The van der Waals surface area contributed by atoms with Crippen molar-refractivity contribution in [2.75, 3.05) is 12.3 Å². The second-order valence-corrected chi connectivity index (χ2v) is 4.40. The third-order valence-electron chi connectivity index (χ3n) is 3.38. The van der Waals surface area contributed by atoms with Crippen LogP contribution in [0, 0.1) is 11.8 Å². The van der Waals surface area contributed by atoms with E-state index in [2.05, 4.69) is 15.0 Å². The van der Waals surface area contributed by atoms with E-state index in [-0.39, 0.29) is 12.4 Å². The molecule has 1 saturated carbocycles. The molecule has 96 valence electrons. The summed E-state index contributed by atoms with van der Waals surface area (Å²) < 4.78 is 28.1. The largest absolute Gasteiger partial charge is 0.396 e. The first-order chi connectivity index (χ1) is 8.55. The third-order valence-corrected chi connectivity index (χ3v) is 3.38. The van der Waals surface area contributed by atoms with Crippen LogP contribution in [-0.2, 0) is 6.54 Å². The summed E-state index contributed by atoms with van der Waals surface area (Å²) in [5.74, 6) is -4.45. The zero-order chi connectivity index (χ0) is 12.9. The SMILES string of the molecule is Nc1ncnc2c1ncn2C[C@H]1[C@@H](CO)C1(F)F. The van der Waals surface area contributed by atoms with E-state index in [0.717, 1.165) is 0 Å². The molecule has 0 bridgehead atoms. The molecule has 0 saturated heterocycles. The van der Waals surface area contributed by atoms with Crippen LogP contribution >= 0.6 is 0 Å². The maximum absolute atomic E-state index is 13.3. The minimum atomic E-state index is -2.82. The minimum absolute atomic E-state index is 0.0607. The summed E-state index contributed by atoms with van der Waals surface area (Å²) in [7, 11) is 0. The first-order valence-corrected chi connectivity index (χ1v) is 5.45. The van der Waals surface area contributed by atoms with E-state index < -0.39 is 24.4 Å². The number of nitrogen functional groups attached to an aromatic ring is 1. The number of hydrogen-bond donors (Lipinski definition) is 2. The summed E-state index contributed by atoms with van der Waals surface area (Å²) in [6.45, 7) is -0.452. The first-order valence-electron chi connectivity index (χ1n) is 5.45. The molecule has 2 atom stereocenters. The van der Waals surface area contributed by atoms with Crippen LogP contribution in [0.5, 0.6) is 0 Å². The van der Waals surface area contributed by atoms with Gasteiger partial charge >= 0.3 is 0 Å². The molecular formula is C10H11F2N5O. The van der Waals surface area contributed by atoms with Crippen molar-refractivity contribution in [1.82, 2.24) is 19.5 Å². The Morgan fingerprint density at radius 3 is 2.78 bits per heavy atom. The van der Waals surface area contributed by atoms with Gasteiger partial charge in [-0.1, -0.05) is 0 Å². The van der Waals surface area contributed by atoms with Crippen LogP contribution in [-0.4, -0.2) is 37.2 Å². The molecule has 6 nitrogen and oxygen atoms in total. The number of aliphatic hydroxyl groups excluding tert-OH is 1. The van der Waals surface area contributed by atoms with E-state index in [1.165, 1.54) is 17.2 Å². The number of hydrogen-bond acceptors (Lipinski definition) is 5. The van der Waals surface area contributed by atoms with Crippen LogP contribution in [0.15, 0.2) is 12.7 Å². The lowest BCUT2D eigenvalue weighted by Crippen LogP contribution is -2.05. The zero-order valence-electron chi connectivity index (χ0n) is 9.29. The average molecular weight is 255 g/mol. The lowest BCUT2D eigenvalue weighted by atomic mass is 10.3. The molecule has 0 spiro atoms. The molecule has 0 radical (unpaired) electrons. The van der Waals surface area contributed by atoms with Crippen molar-refractivity contribution in [3.05, 3.63) is 12.7 Å². The van der Waals surface area contributed by atoms with Crippen LogP contribution in [0.1, 0.15) is 0 Å². The first kappa shape index (κ1) is 11.3. The van der Waals surface area contributed by atoms with Gasteiger partial charge in [-0.2, -0.15) is 0 Å². The molecule has 2 aromatic heterocycles. The highest BCUT2D eigenvalue weighted by Crippen LogP contribution is 2.55. The number of halogens is 2. The molecule has 1 aliphatic rings.